The van der Waals surface area contributed by atoms with Crippen molar-refractivity contribution in [2.24, 2.45) is 0 Å². The molecular weight excluding hydrogens is 298 g/mol. The van der Waals surface area contributed by atoms with Crippen LogP contribution >= 0.6 is 20.7 Å². The number of alkyl carbamates (subject to hydrolysis) is 1. The van der Waals surface area contributed by atoms with Crippen LogP contribution in [0.15, 0.2) is 23.0 Å². The zero-order chi connectivity index (χ0) is 15.2. The van der Waals surface area contributed by atoms with Crippen LogP contribution in [0.3, 0.4) is 0 Å². The summed E-state index contributed by atoms with van der Waals surface area (Å²) < 4.78 is 9.85. The van der Waals surface area contributed by atoms with E-state index in [-0.39, 0.29) is 0 Å². The van der Waals surface area contributed by atoms with Crippen molar-refractivity contribution in [3.8, 4) is 0 Å². The molecule has 0 spiro atoms. The van der Waals surface area contributed by atoms with Gasteiger partial charge in [-0.1, -0.05) is 12.2 Å². The highest BCUT2D eigenvalue weighted by atomic mass is 33.1. The number of rotatable bonds is 5. The number of esters is 1. The molecule has 0 unspecified atom stereocenters. The number of hydrogen-bond donors (Lipinski definition) is 2. The summed E-state index contributed by atoms with van der Waals surface area (Å²) in [5.41, 5.74) is -0.598. The second kappa shape index (κ2) is 7.64. The van der Waals surface area contributed by atoms with Gasteiger partial charge in [0.2, 0.25) is 0 Å². The summed E-state index contributed by atoms with van der Waals surface area (Å²) in [6.45, 7) is 5.31. The summed E-state index contributed by atoms with van der Waals surface area (Å²) in [6.07, 6.45) is 3.35. The van der Waals surface area contributed by atoms with E-state index in [4.69, 9.17) is 9.47 Å². The Bertz CT molecular complexity index is 403. The summed E-state index contributed by atoms with van der Waals surface area (Å²) in [6, 6.07) is -0.704. The van der Waals surface area contributed by atoms with Crippen LogP contribution in [0, 0.1) is 0 Å². The smallest absolute Gasteiger partial charge is 0.408 e. The lowest BCUT2D eigenvalue weighted by Gasteiger charge is -2.23. The number of nitrogens with one attached hydrogen (secondary N) is 1. The zero-order valence-electron chi connectivity index (χ0n) is 12.1. The number of thiol groups is 1. The van der Waals surface area contributed by atoms with Crippen molar-refractivity contribution >= 4 is 32.8 Å². The first-order valence-corrected chi connectivity index (χ1v) is 9.22. The largest absolute Gasteiger partial charge is 0.467 e. The molecule has 1 rings (SSSR count). The Morgan fingerprint density at radius 1 is 1.30 bits per heavy atom. The van der Waals surface area contributed by atoms with Crippen LogP contribution in [0.5, 0.6) is 0 Å². The van der Waals surface area contributed by atoms with Crippen molar-refractivity contribution in [2.75, 3.05) is 12.9 Å². The summed E-state index contributed by atoms with van der Waals surface area (Å²) >= 11 is 0. The molecule has 0 fully saturated rings. The van der Waals surface area contributed by atoms with Crippen molar-refractivity contribution in [3.05, 3.63) is 23.0 Å². The number of carbonyl (C=O) groups excluding carboxylic acids is 2. The average molecular weight is 319 g/mol. The first-order chi connectivity index (χ1) is 9.31. The van der Waals surface area contributed by atoms with Crippen molar-refractivity contribution < 1.29 is 19.1 Å². The quantitative estimate of drug-likeness (QED) is 0.463. The molecule has 0 aliphatic carbocycles. The minimum Gasteiger partial charge on any atom is -0.467 e. The second-order valence-corrected chi connectivity index (χ2v) is 9.01. The first kappa shape index (κ1) is 17.0. The lowest BCUT2D eigenvalue weighted by Crippen LogP contribution is -2.45. The van der Waals surface area contributed by atoms with E-state index in [9.17, 15) is 9.59 Å². The third-order valence-corrected chi connectivity index (χ3v) is 5.93. The molecule has 0 aromatic heterocycles. The fourth-order valence-corrected chi connectivity index (χ4v) is 4.58. The minimum absolute atomic E-state index is 0.404. The van der Waals surface area contributed by atoms with E-state index < -0.39 is 33.6 Å². The van der Waals surface area contributed by atoms with E-state index >= 15 is 0 Å². The van der Waals surface area contributed by atoms with Crippen LogP contribution in [0.1, 0.15) is 20.8 Å². The Balaban J connectivity index is 2.51. The summed E-state index contributed by atoms with van der Waals surface area (Å²) in [7, 11) is 2.52. The number of methoxy groups -OCH3 is 1. The lowest BCUT2D eigenvalue weighted by molar-refractivity contribution is -0.142. The number of allylic oxidation sites excluding steroid dienone is 2. The van der Waals surface area contributed by atoms with Crippen molar-refractivity contribution in [1.29, 1.82) is 0 Å². The third-order valence-electron chi connectivity index (χ3n) is 2.14. The molecule has 114 valence electrons. The molecule has 7 heteroatoms. The first-order valence-electron chi connectivity index (χ1n) is 6.15. The van der Waals surface area contributed by atoms with E-state index in [1.54, 1.807) is 31.6 Å². The number of amides is 1. The van der Waals surface area contributed by atoms with E-state index in [1.807, 2.05) is 12.2 Å². The van der Waals surface area contributed by atoms with Gasteiger partial charge in [0.25, 0.3) is 0 Å². The van der Waals surface area contributed by atoms with Crippen LogP contribution in [-0.2, 0) is 14.3 Å². The van der Waals surface area contributed by atoms with Gasteiger partial charge in [-0.25, -0.2) is 9.59 Å². The third kappa shape index (κ3) is 6.38. The highest BCUT2D eigenvalue weighted by Crippen LogP contribution is 2.45. The molecule has 1 amide bonds. The predicted molar refractivity (Wildman–Crippen MR) is 84.9 cm³/mol. The molecule has 0 aromatic rings. The van der Waals surface area contributed by atoms with Gasteiger partial charge in [0.05, 0.1) is 7.11 Å². The predicted octanol–water partition coefficient (Wildman–Crippen LogP) is 2.74. The molecule has 1 heterocycles. The molecule has 1 aliphatic heterocycles. The maximum atomic E-state index is 11.7. The molecule has 0 aromatic carbocycles. The van der Waals surface area contributed by atoms with Crippen LogP contribution in [-0.4, -0.2) is 36.6 Å². The number of hydrogen-bond acceptors (Lipinski definition) is 5. The Morgan fingerprint density at radius 3 is 2.40 bits per heavy atom. The van der Waals surface area contributed by atoms with Crippen LogP contribution < -0.4 is 5.32 Å². The molecule has 0 saturated carbocycles. The van der Waals surface area contributed by atoms with Gasteiger partial charge < -0.3 is 14.8 Å². The van der Waals surface area contributed by atoms with Gasteiger partial charge in [-0.3, -0.25) is 0 Å². The standard InChI is InChI=1S/C13H21NO4S2/c1-13(2,3)18-12(16)14-10(11(15)17-4)9-19-20-7-5-6-8-20/h5-8,10,20H,9H2,1-4H3,(H,14,16)/t10-/m0/s1. The van der Waals surface area contributed by atoms with Gasteiger partial charge in [0.15, 0.2) is 0 Å². The Kier molecular flexibility index (Phi) is 6.48. The van der Waals surface area contributed by atoms with E-state index in [0.29, 0.717) is 5.75 Å². The highest BCUT2D eigenvalue weighted by Gasteiger charge is 2.25. The molecule has 0 saturated heterocycles. The van der Waals surface area contributed by atoms with Crippen molar-refractivity contribution in [1.82, 2.24) is 5.32 Å². The maximum Gasteiger partial charge on any atom is 0.408 e. The van der Waals surface area contributed by atoms with Crippen LogP contribution in [0.25, 0.3) is 0 Å². The number of ether oxygens (including phenoxy) is 2. The average Bonchev–Trinajstić information content (AvgIpc) is 2.84. The molecule has 5 nitrogen and oxygen atoms in total. The van der Waals surface area contributed by atoms with E-state index in [2.05, 4.69) is 16.1 Å². The van der Waals surface area contributed by atoms with Crippen LogP contribution in [0.2, 0.25) is 0 Å². The summed E-state index contributed by atoms with van der Waals surface area (Å²) in [5.74, 6) is -0.0164. The maximum absolute atomic E-state index is 11.7. The van der Waals surface area contributed by atoms with Gasteiger partial charge in [0, 0.05) is 5.75 Å². The molecule has 1 atom stereocenters. The molecule has 1 aliphatic rings. The molecule has 0 bridgehead atoms. The highest BCUT2D eigenvalue weighted by molar-refractivity contribution is 8.87. The topological polar surface area (TPSA) is 64.6 Å². The van der Waals surface area contributed by atoms with Gasteiger partial charge in [-0.05, 0) is 31.6 Å². The van der Waals surface area contributed by atoms with Gasteiger partial charge in [-0.15, -0.1) is 10.8 Å². The second-order valence-electron chi connectivity index (χ2n) is 5.06. The molecular formula is C13H21NO4S2. The summed E-state index contributed by atoms with van der Waals surface area (Å²) in [4.78, 5) is 23.4. The fourth-order valence-electron chi connectivity index (χ4n) is 1.33. The minimum atomic E-state index is -0.704. The molecule has 20 heavy (non-hydrogen) atoms. The number of carbonyl (C=O) groups is 2. The fraction of sp³-hybridized carbons (Fsp3) is 0.538. The Morgan fingerprint density at radius 2 is 1.90 bits per heavy atom. The zero-order valence-corrected chi connectivity index (χ0v) is 13.8. The van der Waals surface area contributed by atoms with Gasteiger partial charge in [-0.2, -0.15) is 9.93 Å². The van der Waals surface area contributed by atoms with E-state index in [0.717, 1.165) is 0 Å². The lowest BCUT2D eigenvalue weighted by atomic mass is 10.2. The summed E-state index contributed by atoms with van der Waals surface area (Å²) in [5, 5.41) is 6.72. The van der Waals surface area contributed by atoms with E-state index in [1.165, 1.54) is 7.11 Å². The van der Waals surface area contributed by atoms with Crippen molar-refractivity contribution in [3.63, 3.8) is 0 Å². The molecule has 0 radical (unpaired) electrons. The monoisotopic (exact) mass is 319 g/mol. The Labute approximate surface area is 125 Å². The van der Waals surface area contributed by atoms with Crippen LogP contribution in [0.4, 0.5) is 4.79 Å². The van der Waals surface area contributed by atoms with Crippen molar-refractivity contribution in [2.45, 2.75) is 32.4 Å². The normalized spacial score (nSPS) is 16.9. The van der Waals surface area contributed by atoms with Gasteiger partial charge >= 0.3 is 12.1 Å². The molecule has 1 N–H and O–H groups in total. The van der Waals surface area contributed by atoms with Gasteiger partial charge in [0.1, 0.15) is 11.6 Å². The Hall–Kier alpha value is -1.08. The SMILES string of the molecule is COC(=O)[C@H](CS[SH]1C=CC=C1)NC(=O)OC(C)(C)C.